The third-order valence-corrected chi connectivity index (χ3v) is 10.2. The van der Waals surface area contributed by atoms with Gasteiger partial charge >= 0.3 is 5.97 Å². The van der Waals surface area contributed by atoms with Crippen LogP contribution in [0.2, 0.25) is 5.02 Å². The quantitative estimate of drug-likeness (QED) is 0.147. The minimum Gasteiger partial charge on any atom is -0.493 e. The van der Waals surface area contributed by atoms with Crippen LogP contribution in [0.1, 0.15) is 66.2 Å². The summed E-state index contributed by atoms with van der Waals surface area (Å²) in [5, 5.41) is 18.5. The molecule has 3 aromatic carbocycles. The third kappa shape index (κ3) is 6.47. The van der Waals surface area contributed by atoms with Gasteiger partial charge in [0.05, 0.1) is 35.9 Å². The highest BCUT2D eigenvalue weighted by molar-refractivity contribution is 6.35. The largest absolute Gasteiger partial charge is 0.493 e. The number of ether oxygens (including phenoxy) is 2. The highest BCUT2D eigenvalue weighted by Gasteiger charge is 2.43. The SMILES string of the molecule is CCc1c2c(nn1C)C(CCN1CC(F)(F)C1)OCCCCn1c(C(=O)O)c(CCCOc3cccc4cc(F)ccc34)c3ccc(Cl)c-2c31. The Kier molecular flexibility index (Phi) is 9.58. The highest BCUT2D eigenvalue weighted by Crippen LogP contribution is 2.45. The molecule has 0 spiro atoms. The van der Waals surface area contributed by atoms with E-state index in [-0.39, 0.29) is 24.6 Å². The normalized spacial score (nSPS) is 17.8. The molecular weight excluding hydrogens is 669 g/mol. The first kappa shape index (κ1) is 34.4. The minimum atomic E-state index is -2.66. The molecule has 2 aliphatic rings. The molecule has 0 radical (unpaired) electrons. The van der Waals surface area contributed by atoms with Crippen molar-refractivity contribution < 1.29 is 32.5 Å². The summed E-state index contributed by atoms with van der Waals surface area (Å²) in [5.74, 6) is -3.35. The molecule has 1 saturated heterocycles. The van der Waals surface area contributed by atoms with E-state index in [0.29, 0.717) is 92.4 Å². The predicted molar refractivity (Wildman–Crippen MR) is 187 cm³/mol. The van der Waals surface area contributed by atoms with Gasteiger partial charge in [-0.15, -0.1) is 0 Å². The highest BCUT2D eigenvalue weighted by atomic mass is 35.5. The molecule has 1 N–H and O–H groups in total. The molecule has 5 aromatic rings. The van der Waals surface area contributed by atoms with Crippen molar-refractivity contribution in [2.75, 3.05) is 32.8 Å². The molecule has 0 aliphatic carbocycles. The molecule has 12 heteroatoms. The first-order valence-corrected chi connectivity index (χ1v) is 17.6. The number of nitrogens with zero attached hydrogens (tertiary/aromatic N) is 4. The van der Waals surface area contributed by atoms with Crippen LogP contribution in [0.15, 0.2) is 48.5 Å². The molecule has 1 unspecified atom stereocenters. The lowest BCUT2D eigenvalue weighted by atomic mass is 9.94. The lowest BCUT2D eigenvalue weighted by molar-refractivity contribution is -0.133. The molecular formula is C38H40ClF3N4O4. The number of carboxylic acid groups (broad SMARTS) is 1. The molecule has 4 heterocycles. The van der Waals surface area contributed by atoms with Crippen molar-refractivity contribution in [3.63, 3.8) is 0 Å². The molecule has 1 atom stereocenters. The zero-order valence-corrected chi connectivity index (χ0v) is 28.9. The van der Waals surface area contributed by atoms with Gasteiger partial charge in [-0.1, -0.05) is 36.7 Å². The topological polar surface area (TPSA) is 81.8 Å². The molecule has 264 valence electrons. The molecule has 0 amide bonds. The average molecular weight is 709 g/mol. The number of fused-ring (bicyclic) bond motifs is 3. The van der Waals surface area contributed by atoms with E-state index in [9.17, 15) is 23.1 Å². The summed E-state index contributed by atoms with van der Waals surface area (Å²) in [6.45, 7) is 3.15. The Labute approximate surface area is 293 Å². The van der Waals surface area contributed by atoms with E-state index in [1.807, 2.05) is 53.6 Å². The Bertz CT molecular complexity index is 2070. The summed E-state index contributed by atoms with van der Waals surface area (Å²) in [6.07, 6.45) is 2.98. The Hall–Kier alpha value is -4.06. The van der Waals surface area contributed by atoms with E-state index in [1.165, 1.54) is 12.1 Å². The Morgan fingerprint density at radius 1 is 1.12 bits per heavy atom. The number of aromatic carboxylic acids is 1. The molecule has 1 fully saturated rings. The van der Waals surface area contributed by atoms with Crippen LogP contribution in [-0.2, 0) is 31.2 Å². The Morgan fingerprint density at radius 2 is 1.92 bits per heavy atom. The van der Waals surface area contributed by atoms with Crippen molar-refractivity contribution in [3.05, 3.63) is 82.0 Å². The van der Waals surface area contributed by atoms with Gasteiger partial charge in [-0.05, 0) is 79.8 Å². The molecule has 0 saturated carbocycles. The smallest absolute Gasteiger partial charge is 0.352 e. The molecule has 50 heavy (non-hydrogen) atoms. The van der Waals surface area contributed by atoms with Crippen LogP contribution in [0.25, 0.3) is 32.8 Å². The monoisotopic (exact) mass is 708 g/mol. The summed E-state index contributed by atoms with van der Waals surface area (Å²) in [5.41, 5.74) is 4.81. The number of hydrogen-bond acceptors (Lipinski definition) is 5. The number of halogens is 4. The van der Waals surface area contributed by atoms with Crippen LogP contribution in [0.5, 0.6) is 5.75 Å². The van der Waals surface area contributed by atoms with Crippen molar-refractivity contribution in [2.24, 2.45) is 7.05 Å². The summed E-state index contributed by atoms with van der Waals surface area (Å²) < 4.78 is 57.4. The van der Waals surface area contributed by atoms with Crippen molar-refractivity contribution in [2.45, 2.75) is 64.0 Å². The molecule has 8 nitrogen and oxygen atoms in total. The maximum absolute atomic E-state index is 13.8. The second-order valence-corrected chi connectivity index (χ2v) is 13.7. The lowest BCUT2D eigenvalue weighted by Crippen LogP contribution is -2.56. The third-order valence-electron chi connectivity index (χ3n) is 9.91. The van der Waals surface area contributed by atoms with Gasteiger partial charge in [0.15, 0.2) is 0 Å². The summed E-state index contributed by atoms with van der Waals surface area (Å²) >= 11 is 7.09. The standard InChI is InChI=1S/C38H40ClF3N4O4/c1-3-29-33-32-28(39)14-13-27-26(9-7-19-49-30-10-6-8-23-20-24(40)11-12-25(23)30)36(37(47)48)46(35(27)32)16-4-5-18-50-31(34(33)43-44(29)2)15-17-45-21-38(41,42)22-45/h6,8,10-14,20,31H,3-5,7,9,15-19,21-22H2,1-2H3,(H,47,48). The molecule has 0 bridgehead atoms. The van der Waals surface area contributed by atoms with E-state index in [4.69, 9.17) is 26.2 Å². The number of carbonyl (C=O) groups is 1. The first-order valence-electron chi connectivity index (χ1n) is 17.2. The Morgan fingerprint density at radius 3 is 2.68 bits per heavy atom. The predicted octanol–water partition coefficient (Wildman–Crippen LogP) is 8.45. The number of alkyl halides is 2. The van der Waals surface area contributed by atoms with Gasteiger partial charge in [-0.2, -0.15) is 5.10 Å². The number of aryl methyl sites for hydroxylation is 3. The molecule has 2 aliphatic heterocycles. The van der Waals surface area contributed by atoms with E-state index < -0.39 is 18.0 Å². The van der Waals surface area contributed by atoms with Crippen LogP contribution in [0.4, 0.5) is 13.2 Å². The number of carboxylic acids is 1. The van der Waals surface area contributed by atoms with E-state index in [0.717, 1.165) is 32.9 Å². The van der Waals surface area contributed by atoms with Gasteiger partial charge < -0.3 is 19.1 Å². The maximum Gasteiger partial charge on any atom is 0.352 e. The summed E-state index contributed by atoms with van der Waals surface area (Å²) in [4.78, 5) is 14.8. The van der Waals surface area contributed by atoms with Crippen molar-refractivity contribution in [1.29, 1.82) is 0 Å². The van der Waals surface area contributed by atoms with Crippen LogP contribution in [0, 0.1) is 5.82 Å². The number of rotatable bonds is 10. The Balaban J connectivity index is 1.28. The van der Waals surface area contributed by atoms with Crippen LogP contribution in [-0.4, -0.2) is 69.1 Å². The lowest BCUT2D eigenvalue weighted by Gasteiger charge is -2.39. The van der Waals surface area contributed by atoms with E-state index in [1.54, 1.807) is 11.0 Å². The second-order valence-electron chi connectivity index (χ2n) is 13.3. The fourth-order valence-electron chi connectivity index (χ4n) is 7.68. The van der Waals surface area contributed by atoms with Gasteiger partial charge in [0.25, 0.3) is 5.92 Å². The van der Waals surface area contributed by atoms with Crippen LogP contribution in [0.3, 0.4) is 0 Å². The molecule has 7 rings (SSSR count). The minimum absolute atomic E-state index is 0.225. The van der Waals surface area contributed by atoms with Gasteiger partial charge in [0.2, 0.25) is 0 Å². The number of hydrogen-bond donors (Lipinski definition) is 1. The van der Waals surface area contributed by atoms with Crippen LogP contribution >= 0.6 is 11.6 Å². The van der Waals surface area contributed by atoms with Crippen molar-refractivity contribution >= 4 is 39.2 Å². The number of benzene rings is 3. The number of likely N-dealkylation sites (tertiary alicyclic amines) is 1. The number of aromatic nitrogens is 3. The summed E-state index contributed by atoms with van der Waals surface area (Å²) in [7, 11) is 1.87. The molecule has 2 aromatic heterocycles. The van der Waals surface area contributed by atoms with Crippen molar-refractivity contribution in [3.8, 4) is 16.9 Å². The maximum atomic E-state index is 13.8. The van der Waals surface area contributed by atoms with E-state index >= 15 is 0 Å². The average Bonchev–Trinajstić information content (AvgIpc) is 3.55. The fourth-order valence-corrected chi connectivity index (χ4v) is 7.93. The van der Waals surface area contributed by atoms with Crippen LogP contribution < -0.4 is 4.74 Å². The van der Waals surface area contributed by atoms with Crippen molar-refractivity contribution in [1.82, 2.24) is 19.2 Å². The van der Waals surface area contributed by atoms with Gasteiger partial charge in [0.1, 0.15) is 23.4 Å². The van der Waals surface area contributed by atoms with Gasteiger partial charge in [-0.3, -0.25) is 9.58 Å². The van der Waals surface area contributed by atoms with Gasteiger partial charge in [-0.25, -0.2) is 18.0 Å². The van der Waals surface area contributed by atoms with E-state index in [2.05, 4.69) is 0 Å². The first-order chi connectivity index (χ1) is 24.1. The zero-order valence-electron chi connectivity index (χ0n) is 28.2. The zero-order chi connectivity index (χ0) is 35.2. The fraction of sp³-hybridized carbons (Fsp3) is 0.421. The second kappa shape index (κ2) is 13.9. The summed E-state index contributed by atoms with van der Waals surface area (Å²) in [6, 6.07) is 13.8. The van der Waals surface area contributed by atoms with Gasteiger partial charge in [0, 0.05) is 54.3 Å².